The van der Waals surface area contributed by atoms with Gasteiger partial charge in [0.05, 0.1) is 14.2 Å². The smallest absolute Gasteiger partial charge is 0.379 e. The van der Waals surface area contributed by atoms with Gasteiger partial charge in [0.25, 0.3) is 0 Å². The van der Waals surface area contributed by atoms with Gasteiger partial charge >= 0.3 is 5.97 Å². The summed E-state index contributed by atoms with van der Waals surface area (Å²) in [6.45, 7) is 0. The highest BCUT2D eigenvalue weighted by Gasteiger charge is 2.02. The monoisotopic (exact) mass is 207 g/mol. The Bertz CT molecular complexity index is 382. The van der Waals surface area contributed by atoms with Crippen molar-refractivity contribution in [2.45, 2.75) is 0 Å². The Labute approximate surface area is 87.7 Å². The van der Waals surface area contributed by atoms with Crippen LogP contribution in [0.2, 0.25) is 0 Å². The second-order valence-corrected chi connectivity index (χ2v) is 2.77. The third kappa shape index (κ3) is 3.02. The summed E-state index contributed by atoms with van der Waals surface area (Å²) >= 11 is 0. The van der Waals surface area contributed by atoms with Gasteiger partial charge in [-0.3, -0.25) is 0 Å². The lowest BCUT2D eigenvalue weighted by Crippen LogP contribution is -1.90. The fraction of sp³-hybridized carbons (Fsp3) is 0.182. The van der Waals surface area contributed by atoms with E-state index in [4.69, 9.17) is 9.47 Å². The van der Waals surface area contributed by atoms with E-state index in [0.717, 1.165) is 6.08 Å². The SMILES string of the molecule is COc1ccc(/C=C/C([O])=O)cc1OC. The second-order valence-electron chi connectivity index (χ2n) is 2.77. The number of hydrogen-bond donors (Lipinski definition) is 0. The lowest BCUT2D eigenvalue weighted by molar-refractivity contribution is -0.137. The molecule has 0 aliphatic heterocycles. The summed E-state index contributed by atoms with van der Waals surface area (Å²) in [4.78, 5) is 10.2. The first-order chi connectivity index (χ1) is 7.17. The van der Waals surface area contributed by atoms with Crippen molar-refractivity contribution >= 4 is 12.0 Å². The van der Waals surface area contributed by atoms with Crippen molar-refractivity contribution in [2.24, 2.45) is 0 Å². The van der Waals surface area contributed by atoms with Crippen molar-refractivity contribution in [3.8, 4) is 11.5 Å². The number of methoxy groups -OCH3 is 2. The van der Waals surface area contributed by atoms with Gasteiger partial charge in [-0.15, -0.1) is 0 Å². The van der Waals surface area contributed by atoms with Crippen LogP contribution in [-0.4, -0.2) is 20.2 Å². The van der Waals surface area contributed by atoms with Crippen molar-refractivity contribution in [1.29, 1.82) is 0 Å². The average Bonchev–Trinajstić information content (AvgIpc) is 2.25. The molecule has 0 spiro atoms. The second kappa shape index (κ2) is 5.05. The molecule has 79 valence electrons. The highest BCUT2D eigenvalue weighted by atomic mass is 16.5. The number of benzene rings is 1. The summed E-state index contributed by atoms with van der Waals surface area (Å²) in [6, 6.07) is 5.10. The van der Waals surface area contributed by atoms with E-state index < -0.39 is 5.97 Å². The van der Waals surface area contributed by atoms with Gasteiger partial charge in [0.15, 0.2) is 11.5 Å². The molecule has 0 saturated carbocycles. The van der Waals surface area contributed by atoms with Crippen LogP contribution >= 0.6 is 0 Å². The third-order valence-corrected chi connectivity index (χ3v) is 1.82. The standard InChI is InChI=1S/C11H11O4/c1-14-9-5-3-8(4-6-11(12)13)7-10(9)15-2/h3-7H,1-2H3/b6-4+. The molecule has 0 atom stereocenters. The molecule has 0 unspecified atom stereocenters. The van der Waals surface area contributed by atoms with Gasteiger partial charge in [-0.2, -0.15) is 0 Å². The van der Waals surface area contributed by atoms with Crippen molar-refractivity contribution in [3.63, 3.8) is 0 Å². The van der Waals surface area contributed by atoms with E-state index >= 15 is 0 Å². The maximum Gasteiger partial charge on any atom is 0.379 e. The molecule has 1 rings (SSSR count). The van der Waals surface area contributed by atoms with Gasteiger partial charge < -0.3 is 9.47 Å². The Morgan fingerprint density at radius 3 is 2.40 bits per heavy atom. The average molecular weight is 207 g/mol. The zero-order valence-electron chi connectivity index (χ0n) is 8.52. The maximum absolute atomic E-state index is 10.2. The van der Waals surface area contributed by atoms with E-state index in [0.29, 0.717) is 17.1 Å². The Morgan fingerprint density at radius 1 is 1.20 bits per heavy atom. The molecule has 15 heavy (non-hydrogen) atoms. The minimum Gasteiger partial charge on any atom is -0.493 e. The molecular formula is C11H11O4. The normalized spacial score (nSPS) is 10.3. The summed E-state index contributed by atoms with van der Waals surface area (Å²) in [6.07, 6.45) is 2.39. The first-order valence-corrected chi connectivity index (χ1v) is 4.28. The van der Waals surface area contributed by atoms with Gasteiger partial charge in [0, 0.05) is 6.08 Å². The Hall–Kier alpha value is -1.97. The first kappa shape index (κ1) is 11.1. The number of hydrogen-bond acceptors (Lipinski definition) is 3. The molecule has 0 N–H and O–H groups in total. The lowest BCUT2D eigenvalue weighted by Gasteiger charge is -2.07. The molecule has 1 radical (unpaired) electrons. The Balaban J connectivity index is 2.97. The van der Waals surface area contributed by atoms with Gasteiger partial charge in [-0.25, -0.2) is 9.90 Å². The van der Waals surface area contributed by atoms with Crippen LogP contribution in [0, 0.1) is 0 Å². The largest absolute Gasteiger partial charge is 0.493 e. The van der Waals surface area contributed by atoms with Crippen LogP contribution in [0.3, 0.4) is 0 Å². The Kier molecular flexibility index (Phi) is 3.74. The molecule has 4 heteroatoms. The van der Waals surface area contributed by atoms with Crippen molar-refractivity contribution < 1.29 is 19.4 Å². The molecule has 0 aromatic heterocycles. The van der Waals surface area contributed by atoms with E-state index in [1.165, 1.54) is 20.3 Å². The van der Waals surface area contributed by atoms with Gasteiger partial charge in [-0.05, 0) is 23.8 Å². The maximum atomic E-state index is 10.2. The predicted molar refractivity (Wildman–Crippen MR) is 54.3 cm³/mol. The van der Waals surface area contributed by atoms with Crippen molar-refractivity contribution in [1.82, 2.24) is 0 Å². The number of carbonyl (C=O) groups excluding carboxylic acids is 1. The van der Waals surface area contributed by atoms with Crippen LogP contribution in [-0.2, 0) is 9.90 Å². The molecule has 0 heterocycles. The molecule has 4 nitrogen and oxygen atoms in total. The fourth-order valence-electron chi connectivity index (χ4n) is 1.12. The first-order valence-electron chi connectivity index (χ1n) is 4.28. The molecule has 0 aliphatic carbocycles. The summed E-state index contributed by atoms with van der Waals surface area (Å²) in [7, 11) is 3.05. The van der Waals surface area contributed by atoms with E-state index in [2.05, 4.69) is 0 Å². The van der Waals surface area contributed by atoms with Crippen LogP contribution in [0.4, 0.5) is 0 Å². The zero-order chi connectivity index (χ0) is 11.3. The summed E-state index contributed by atoms with van der Waals surface area (Å²) in [5.74, 6) is -0.0779. The highest BCUT2D eigenvalue weighted by Crippen LogP contribution is 2.27. The van der Waals surface area contributed by atoms with Crippen LogP contribution < -0.4 is 9.47 Å². The summed E-state index contributed by atoms with van der Waals surface area (Å²) < 4.78 is 10.1. The molecule has 0 amide bonds. The van der Waals surface area contributed by atoms with Crippen molar-refractivity contribution in [2.75, 3.05) is 14.2 Å². The topological polar surface area (TPSA) is 55.4 Å². The fourth-order valence-corrected chi connectivity index (χ4v) is 1.12. The summed E-state index contributed by atoms with van der Waals surface area (Å²) in [5, 5.41) is 10.2. The van der Waals surface area contributed by atoms with E-state index in [1.807, 2.05) is 0 Å². The van der Waals surface area contributed by atoms with Crippen LogP contribution in [0.15, 0.2) is 24.3 Å². The van der Waals surface area contributed by atoms with E-state index in [-0.39, 0.29) is 0 Å². The van der Waals surface area contributed by atoms with Crippen LogP contribution in [0.25, 0.3) is 6.08 Å². The number of rotatable bonds is 4. The van der Waals surface area contributed by atoms with Crippen LogP contribution in [0.5, 0.6) is 11.5 Å². The van der Waals surface area contributed by atoms with Crippen LogP contribution in [0.1, 0.15) is 5.56 Å². The van der Waals surface area contributed by atoms with Gasteiger partial charge in [0.2, 0.25) is 0 Å². The lowest BCUT2D eigenvalue weighted by atomic mass is 10.2. The van der Waals surface area contributed by atoms with E-state index in [9.17, 15) is 9.90 Å². The number of carbonyl (C=O) groups is 1. The molecule has 0 saturated heterocycles. The van der Waals surface area contributed by atoms with Crippen molar-refractivity contribution in [3.05, 3.63) is 29.8 Å². The molecule has 0 bridgehead atoms. The highest BCUT2D eigenvalue weighted by molar-refractivity contribution is 5.85. The van der Waals surface area contributed by atoms with Gasteiger partial charge in [0.1, 0.15) is 0 Å². The summed E-state index contributed by atoms with van der Waals surface area (Å²) in [5.41, 5.74) is 0.705. The predicted octanol–water partition coefficient (Wildman–Crippen LogP) is 1.67. The molecule has 0 aliphatic rings. The molecule has 1 aromatic carbocycles. The zero-order valence-corrected chi connectivity index (χ0v) is 8.52. The Morgan fingerprint density at radius 2 is 1.87 bits per heavy atom. The minimum atomic E-state index is -1.23. The molecule has 1 aromatic rings. The molecule has 0 fully saturated rings. The van der Waals surface area contributed by atoms with Gasteiger partial charge in [-0.1, -0.05) is 6.07 Å². The molecular weight excluding hydrogens is 196 g/mol. The minimum absolute atomic E-state index is 0.554. The third-order valence-electron chi connectivity index (χ3n) is 1.82. The quantitative estimate of drug-likeness (QED) is 0.706. The number of ether oxygens (including phenoxy) is 2. The van der Waals surface area contributed by atoms with E-state index in [1.54, 1.807) is 18.2 Å².